The molecule has 3 nitrogen and oxygen atoms in total. The first-order valence-electron chi connectivity index (χ1n) is 3.55. The standard InChI is InChI=1S/C7H12ClNO2S/c1-3-5-7(4-2)9-12(10,11)6-8/h1,7,9H,4-6H2,2H3. The van der Waals surface area contributed by atoms with Gasteiger partial charge in [0.2, 0.25) is 10.0 Å². The second kappa shape index (κ2) is 5.41. The van der Waals surface area contributed by atoms with E-state index in [2.05, 4.69) is 10.6 Å². The van der Waals surface area contributed by atoms with Crippen molar-refractivity contribution in [1.29, 1.82) is 0 Å². The number of sulfonamides is 1. The lowest BCUT2D eigenvalue weighted by atomic mass is 10.2. The Morgan fingerprint density at radius 2 is 2.25 bits per heavy atom. The van der Waals surface area contributed by atoms with E-state index >= 15 is 0 Å². The number of nitrogens with one attached hydrogen (secondary N) is 1. The first-order chi connectivity index (χ1) is 5.55. The Labute approximate surface area is 78.5 Å². The van der Waals surface area contributed by atoms with Crippen molar-refractivity contribution in [2.24, 2.45) is 0 Å². The van der Waals surface area contributed by atoms with Gasteiger partial charge in [0.05, 0.1) is 0 Å². The van der Waals surface area contributed by atoms with Crippen LogP contribution in [0, 0.1) is 12.3 Å². The molecule has 70 valence electrons. The molecule has 0 saturated carbocycles. The van der Waals surface area contributed by atoms with Gasteiger partial charge in [-0.05, 0) is 6.42 Å². The van der Waals surface area contributed by atoms with E-state index in [4.69, 9.17) is 18.0 Å². The molecular formula is C7H12ClNO2S. The Morgan fingerprint density at radius 1 is 1.67 bits per heavy atom. The van der Waals surface area contributed by atoms with E-state index in [-0.39, 0.29) is 6.04 Å². The van der Waals surface area contributed by atoms with E-state index in [0.29, 0.717) is 12.8 Å². The van der Waals surface area contributed by atoms with Crippen LogP contribution in [0.15, 0.2) is 0 Å². The molecule has 0 aromatic rings. The van der Waals surface area contributed by atoms with Crippen LogP contribution in [0.2, 0.25) is 0 Å². The molecule has 1 unspecified atom stereocenters. The number of hydrogen-bond acceptors (Lipinski definition) is 2. The highest BCUT2D eigenvalue weighted by Crippen LogP contribution is 2.00. The Balaban J connectivity index is 4.13. The van der Waals surface area contributed by atoms with Crippen molar-refractivity contribution in [1.82, 2.24) is 4.72 Å². The Morgan fingerprint density at radius 3 is 2.58 bits per heavy atom. The van der Waals surface area contributed by atoms with Gasteiger partial charge < -0.3 is 0 Å². The lowest BCUT2D eigenvalue weighted by molar-refractivity contribution is 0.548. The molecule has 1 atom stereocenters. The summed E-state index contributed by atoms with van der Waals surface area (Å²) in [4.78, 5) is 0. The predicted molar refractivity (Wildman–Crippen MR) is 50.3 cm³/mol. The maximum Gasteiger partial charge on any atom is 0.225 e. The van der Waals surface area contributed by atoms with Gasteiger partial charge in [0.1, 0.15) is 5.21 Å². The highest BCUT2D eigenvalue weighted by Gasteiger charge is 2.13. The summed E-state index contributed by atoms with van der Waals surface area (Å²) in [7, 11) is -3.33. The molecule has 0 spiro atoms. The second-order valence-electron chi connectivity index (χ2n) is 2.36. The van der Waals surface area contributed by atoms with Crippen molar-refractivity contribution in [3.8, 4) is 12.3 Å². The second-order valence-corrected chi connectivity index (χ2v) is 4.69. The van der Waals surface area contributed by atoms with E-state index in [0.717, 1.165) is 0 Å². The highest BCUT2D eigenvalue weighted by atomic mass is 35.5. The zero-order chi connectivity index (χ0) is 9.61. The van der Waals surface area contributed by atoms with Crippen molar-refractivity contribution in [3.63, 3.8) is 0 Å². The fourth-order valence-corrected chi connectivity index (χ4v) is 1.71. The fourth-order valence-electron chi connectivity index (χ4n) is 0.697. The van der Waals surface area contributed by atoms with Crippen LogP contribution in [0.5, 0.6) is 0 Å². The van der Waals surface area contributed by atoms with Gasteiger partial charge in [-0.25, -0.2) is 13.1 Å². The van der Waals surface area contributed by atoms with Crippen LogP contribution in [0.3, 0.4) is 0 Å². The first kappa shape index (κ1) is 11.8. The summed E-state index contributed by atoms with van der Waals surface area (Å²) in [5, 5.41) is -0.423. The van der Waals surface area contributed by atoms with E-state index in [1.54, 1.807) is 0 Å². The molecule has 1 N–H and O–H groups in total. The zero-order valence-corrected chi connectivity index (χ0v) is 8.45. The van der Waals surface area contributed by atoms with Crippen molar-refractivity contribution in [2.45, 2.75) is 25.8 Å². The third-order valence-electron chi connectivity index (χ3n) is 1.35. The summed E-state index contributed by atoms with van der Waals surface area (Å²) >= 11 is 5.19. The van der Waals surface area contributed by atoms with Crippen LogP contribution < -0.4 is 4.72 Å². The van der Waals surface area contributed by atoms with Crippen LogP contribution in [-0.4, -0.2) is 19.7 Å². The minimum Gasteiger partial charge on any atom is -0.211 e. The minimum absolute atomic E-state index is 0.196. The summed E-state index contributed by atoms with van der Waals surface area (Å²) in [5.41, 5.74) is 0. The SMILES string of the molecule is C#CCC(CC)NS(=O)(=O)CCl. The van der Waals surface area contributed by atoms with Gasteiger partial charge >= 0.3 is 0 Å². The van der Waals surface area contributed by atoms with Gasteiger partial charge in [0.25, 0.3) is 0 Å². The third kappa shape index (κ3) is 4.60. The van der Waals surface area contributed by atoms with Gasteiger partial charge in [-0.3, -0.25) is 0 Å². The molecular weight excluding hydrogens is 198 g/mol. The summed E-state index contributed by atoms with van der Waals surface area (Å²) in [6, 6.07) is -0.196. The molecule has 5 heteroatoms. The number of alkyl halides is 1. The Hall–Kier alpha value is -0.240. The number of rotatable bonds is 5. The van der Waals surface area contributed by atoms with Crippen molar-refractivity contribution in [3.05, 3.63) is 0 Å². The van der Waals surface area contributed by atoms with Gasteiger partial charge in [0, 0.05) is 12.5 Å². The molecule has 0 fully saturated rings. The minimum atomic E-state index is -3.33. The molecule has 0 aliphatic heterocycles. The van der Waals surface area contributed by atoms with Crippen LogP contribution in [-0.2, 0) is 10.0 Å². The van der Waals surface area contributed by atoms with Crippen molar-refractivity contribution in [2.75, 3.05) is 5.21 Å². The molecule has 0 bridgehead atoms. The average Bonchev–Trinajstić information content (AvgIpc) is 2.03. The van der Waals surface area contributed by atoms with Gasteiger partial charge in [-0.1, -0.05) is 6.92 Å². The summed E-state index contributed by atoms with van der Waals surface area (Å²) in [5.74, 6) is 2.40. The van der Waals surface area contributed by atoms with E-state index in [1.165, 1.54) is 0 Å². The van der Waals surface area contributed by atoms with Crippen LogP contribution >= 0.6 is 11.6 Å². The van der Waals surface area contributed by atoms with Crippen LogP contribution in [0.4, 0.5) is 0 Å². The van der Waals surface area contributed by atoms with Crippen molar-refractivity contribution < 1.29 is 8.42 Å². The smallest absolute Gasteiger partial charge is 0.211 e. The Bertz CT molecular complexity index is 255. The summed E-state index contributed by atoms with van der Waals surface area (Å²) in [6.07, 6.45) is 6.11. The van der Waals surface area contributed by atoms with Gasteiger partial charge in [-0.15, -0.1) is 23.9 Å². The molecule has 0 aliphatic rings. The molecule has 0 aliphatic carbocycles. The van der Waals surface area contributed by atoms with E-state index in [1.807, 2.05) is 6.92 Å². The predicted octanol–water partition coefficient (Wildman–Crippen LogP) is 0.904. The molecule has 12 heavy (non-hydrogen) atoms. The van der Waals surface area contributed by atoms with Crippen LogP contribution in [0.1, 0.15) is 19.8 Å². The quantitative estimate of drug-likeness (QED) is 0.540. The number of hydrogen-bond donors (Lipinski definition) is 1. The number of halogens is 1. The number of terminal acetylenes is 1. The Kier molecular flexibility index (Phi) is 5.31. The molecule has 0 radical (unpaired) electrons. The fraction of sp³-hybridized carbons (Fsp3) is 0.714. The molecule has 0 aromatic carbocycles. The largest absolute Gasteiger partial charge is 0.225 e. The van der Waals surface area contributed by atoms with E-state index in [9.17, 15) is 8.42 Å². The first-order valence-corrected chi connectivity index (χ1v) is 5.73. The zero-order valence-electron chi connectivity index (χ0n) is 6.88. The van der Waals surface area contributed by atoms with Crippen LogP contribution in [0.25, 0.3) is 0 Å². The maximum atomic E-state index is 10.9. The normalized spacial score (nSPS) is 13.8. The lowest BCUT2D eigenvalue weighted by Gasteiger charge is -2.12. The molecule has 0 rings (SSSR count). The molecule has 0 heterocycles. The van der Waals surface area contributed by atoms with Crippen molar-refractivity contribution >= 4 is 21.6 Å². The third-order valence-corrected chi connectivity index (χ3v) is 3.19. The van der Waals surface area contributed by atoms with Gasteiger partial charge in [-0.2, -0.15) is 0 Å². The monoisotopic (exact) mass is 209 g/mol. The lowest BCUT2D eigenvalue weighted by Crippen LogP contribution is -2.34. The van der Waals surface area contributed by atoms with Gasteiger partial charge in [0.15, 0.2) is 0 Å². The molecule has 0 aromatic heterocycles. The summed E-state index contributed by atoms with van der Waals surface area (Å²) < 4.78 is 24.3. The molecule has 0 amide bonds. The topological polar surface area (TPSA) is 46.2 Å². The average molecular weight is 210 g/mol. The molecule has 0 saturated heterocycles. The van der Waals surface area contributed by atoms with E-state index < -0.39 is 15.2 Å². The summed E-state index contributed by atoms with van der Waals surface area (Å²) in [6.45, 7) is 1.86. The maximum absolute atomic E-state index is 10.9. The highest BCUT2D eigenvalue weighted by molar-refractivity contribution is 7.90.